The van der Waals surface area contributed by atoms with Gasteiger partial charge in [0.15, 0.2) is 0 Å². The van der Waals surface area contributed by atoms with Crippen molar-refractivity contribution in [3.63, 3.8) is 0 Å². The number of amides is 1. The van der Waals surface area contributed by atoms with E-state index in [-0.39, 0.29) is 18.3 Å². The summed E-state index contributed by atoms with van der Waals surface area (Å²) in [4.78, 5) is 24.8. The Morgan fingerprint density at radius 2 is 1.43 bits per heavy atom. The van der Waals surface area contributed by atoms with Gasteiger partial charge in [0.25, 0.3) is 0 Å². The zero-order valence-corrected chi connectivity index (χ0v) is 27.8. The van der Waals surface area contributed by atoms with Crippen molar-refractivity contribution in [3.05, 3.63) is 0 Å². The van der Waals surface area contributed by atoms with Gasteiger partial charge in [-0.3, -0.25) is 4.90 Å². The number of rotatable bonds is 10. The van der Waals surface area contributed by atoms with Crippen LogP contribution < -0.4 is 0 Å². The van der Waals surface area contributed by atoms with Gasteiger partial charge in [-0.25, -0.2) is 4.79 Å². The molecule has 5 saturated heterocycles. The Kier molecular flexibility index (Phi) is 12.1. The lowest BCUT2D eigenvalue weighted by molar-refractivity contribution is -0.135. The lowest BCUT2D eigenvalue weighted by Gasteiger charge is -2.43. The average Bonchev–Trinajstić information content (AvgIpc) is 3.02. The minimum absolute atomic E-state index is 0.0786. The molecule has 0 N–H and O–H groups in total. The van der Waals surface area contributed by atoms with Gasteiger partial charge in [-0.2, -0.15) is 0 Å². The van der Waals surface area contributed by atoms with Crippen molar-refractivity contribution >= 4 is 6.09 Å². The summed E-state index contributed by atoms with van der Waals surface area (Å²) in [6.45, 7) is 17.0. The Balaban J connectivity index is 0.761. The van der Waals surface area contributed by atoms with Crippen LogP contribution in [-0.2, 0) is 18.9 Å². The van der Waals surface area contributed by atoms with E-state index in [0.717, 1.165) is 110 Å². The van der Waals surface area contributed by atoms with E-state index in [0.29, 0.717) is 18.3 Å². The quantitative estimate of drug-likeness (QED) is 0.367. The smallest absolute Gasteiger partial charge is 0.410 e. The molecule has 0 spiro atoms. The zero-order chi connectivity index (χ0) is 30.3. The highest BCUT2D eigenvalue weighted by Crippen LogP contribution is 2.30. The lowest BCUT2D eigenvalue weighted by Crippen LogP contribution is -2.51. The number of piperidine rings is 4. The molecule has 1 aliphatic carbocycles. The topological polar surface area (TPSA) is 70.2 Å². The van der Waals surface area contributed by atoms with Crippen molar-refractivity contribution in [2.75, 3.05) is 98.8 Å². The van der Waals surface area contributed by atoms with Gasteiger partial charge < -0.3 is 38.5 Å². The normalized spacial score (nSPS) is 32.1. The van der Waals surface area contributed by atoms with Crippen molar-refractivity contribution in [2.24, 2.45) is 5.92 Å². The predicted molar refractivity (Wildman–Crippen MR) is 171 cm³/mol. The van der Waals surface area contributed by atoms with Crippen LogP contribution in [0.5, 0.6) is 0 Å². The minimum Gasteiger partial charge on any atom is -0.446 e. The first-order chi connectivity index (χ1) is 21.5. The van der Waals surface area contributed by atoms with Crippen molar-refractivity contribution in [1.82, 2.24) is 24.5 Å². The fourth-order valence-electron chi connectivity index (χ4n) is 8.28. The van der Waals surface area contributed by atoms with Crippen LogP contribution in [0.3, 0.4) is 0 Å². The molecule has 5 aliphatic heterocycles. The van der Waals surface area contributed by atoms with Gasteiger partial charge in [0, 0.05) is 58.4 Å². The van der Waals surface area contributed by atoms with Gasteiger partial charge in [-0.05, 0) is 110 Å². The van der Waals surface area contributed by atoms with E-state index in [4.69, 9.17) is 18.9 Å². The number of morpholine rings is 1. The second kappa shape index (κ2) is 16.2. The van der Waals surface area contributed by atoms with E-state index in [1.165, 1.54) is 58.4 Å². The van der Waals surface area contributed by atoms with Crippen LogP contribution >= 0.6 is 0 Å². The average molecular weight is 620 g/mol. The van der Waals surface area contributed by atoms with Crippen LogP contribution in [0.15, 0.2) is 0 Å². The highest BCUT2D eigenvalue weighted by atomic mass is 16.6. The van der Waals surface area contributed by atoms with Gasteiger partial charge >= 0.3 is 6.09 Å². The van der Waals surface area contributed by atoms with Crippen LogP contribution in [0.4, 0.5) is 4.79 Å². The van der Waals surface area contributed by atoms with Crippen molar-refractivity contribution in [1.29, 1.82) is 0 Å². The molecule has 0 radical (unpaired) electrons. The molecule has 1 amide bonds. The number of carbonyl (C=O) groups is 1. The summed E-state index contributed by atoms with van der Waals surface area (Å²) in [5.74, 6) is 0.855. The highest BCUT2D eigenvalue weighted by Gasteiger charge is 2.35. The third kappa shape index (κ3) is 9.52. The Labute approximate surface area is 266 Å². The molecule has 1 atom stereocenters. The van der Waals surface area contributed by atoms with Crippen molar-refractivity contribution in [3.8, 4) is 0 Å². The molecule has 5 heterocycles. The summed E-state index contributed by atoms with van der Waals surface area (Å²) >= 11 is 0. The molecule has 0 unspecified atom stereocenters. The Bertz CT molecular complexity index is 860. The first kappa shape index (κ1) is 32.9. The summed E-state index contributed by atoms with van der Waals surface area (Å²) < 4.78 is 24.1. The Morgan fingerprint density at radius 3 is 2.14 bits per heavy atom. The zero-order valence-electron chi connectivity index (χ0n) is 27.8. The van der Waals surface area contributed by atoms with E-state index in [1.807, 2.05) is 4.90 Å². The van der Waals surface area contributed by atoms with E-state index in [1.54, 1.807) is 0 Å². The molecule has 6 rings (SSSR count). The Morgan fingerprint density at radius 1 is 0.750 bits per heavy atom. The molecule has 10 heteroatoms. The fraction of sp³-hybridized carbons (Fsp3) is 0.971. The summed E-state index contributed by atoms with van der Waals surface area (Å²) in [5.41, 5.74) is 0. The SMILES string of the molecule is C[C@H]1CN(C2CCN(CC3CCN(CCO[C@H]4C[C@H](OC5CCN(C(=O)OC6CCN(C)CC6)CC5)C4)CC3)CC2)CCO1. The highest BCUT2D eigenvalue weighted by molar-refractivity contribution is 5.68. The molecule has 0 aromatic carbocycles. The van der Waals surface area contributed by atoms with Gasteiger partial charge in [-0.15, -0.1) is 0 Å². The predicted octanol–water partition coefficient (Wildman–Crippen LogP) is 3.14. The first-order valence-corrected chi connectivity index (χ1v) is 18.2. The lowest BCUT2D eigenvalue weighted by atomic mass is 9.91. The van der Waals surface area contributed by atoms with Gasteiger partial charge in [0.05, 0.1) is 37.6 Å². The third-order valence-corrected chi connectivity index (χ3v) is 11.4. The molecule has 44 heavy (non-hydrogen) atoms. The van der Waals surface area contributed by atoms with Crippen molar-refractivity contribution in [2.45, 2.75) is 108 Å². The summed E-state index contributed by atoms with van der Waals surface area (Å²) in [7, 11) is 2.13. The molecule has 6 aliphatic rings. The van der Waals surface area contributed by atoms with E-state index in [9.17, 15) is 4.79 Å². The van der Waals surface area contributed by atoms with E-state index in [2.05, 4.69) is 33.6 Å². The van der Waals surface area contributed by atoms with Crippen LogP contribution in [0.1, 0.15) is 71.1 Å². The fourth-order valence-corrected chi connectivity index (χ4v) is 8.28. The number of likely N-dealkylation sites (tertiary alicyclic amines) is 4. The van der Waals surface area contributed by atoms with Crippen LogP contribution in [-0.4, -0.2) is 166 Å². The number of ether oxygens (including phenoxy) is 4. The maximum atomic E-state index is 12.6. The second-order valence-corrected chi connectivity index (χ2v) is 14.8. The van der Waals surface area contributed by atoms with Gasteiger partial charge in [-0.1, -0.05) is 0 Å². The molecular weight excluding hydrogens is 558 g/mol. The van der Waals surface area contributed by atoms with E-state index < -0.39 is 0 Å². The maximum Gasteiger partial charge on any atom is 0.410 e. The molecule has 0 aromatic rings. The minimum atomic E-state index is -0.131. The number of hydrogen-bond donors (Lipinski definition) is 0. The van der Waals surface area contributed by atoms with Crippen molar-refractivity contribution < 1.29 is 23.7 Å². The third-order valence-electron chi connectivity index (χ3n) is 11.4. The molecule has 0 aromatic heterocycles. The van der Waals surface area contributed by atoms with Gasteiger partial charge in [0.2, 0.25) is 0 Å². The monoisotopic (exact) mass is 619 g/mol. The number of hydrogen-bond acceptors (Lipinski definition) is 9. The molecule has 6 fully saturated rings. The molecule has 10 nitrogen and oxygen atoms in total. The number of carbonyl (C=O) groups excluding carboxylic acids is 1. The summed E-state index contributed by atoms with van der Waals surface area (Å²) in [6, 6.07) is 0.765. The summed E-state index contributed by atoms with van der Waals surface area (Å²) in [5, 5.41) is 0. The number of nitrogens with zero attached hydrogens (tertiary/aromatic N) is 5. The molecule has 1 saturated carbocycles. The van der Waals surface area contributed by atoms with Crippen LogP contribution in [0, 0.1) is 5.92 Å². The summed E-state index contributed by atoms with van der Waals surface area (Å²) in [6.07, 6.45) is 12.3. The Hall–Kier alpha value is -1.01. The first-order valence-electron chi connectivity index (χ1n) is 18.2. The molecule has 0 bridgehead atoms. The van der Waals surface area contributed by atoms with Crippen LogP contribution in [0.2, 0.25) is 0 Å². The second-order valence-electron chi connectivity index (χ2n) is 14.8. The van der Waals surface area contributed by atoms with E-state index >= 15 is 0 Å². The largest absolute Gasteiger partial charge is 0.446 e. The molecular formula is C34H61N5O5. The van der Waals surface area contributed by atoms with Crippen LogP contribution in [0.25, 0.3) is 0 Å². The molecule has 252 valence electrons. The standard InChI is InChI=1S/C34H61N5O5/c1-27-25-39(20-22-41-27)29-5-15-37(16-6-29)26-28-3-13-36(14-4-28)19-21-42-32-23-33(24-32)43-30-9-17-38(18-10-30)34(40)44-31-7-11-35(2)12-8-31/h27-33H,3-26H2,1-2H3/t27-,32-,33-/m0/s1. The van der Waals surface area contributed by atoms with Gasteiger partial charge in [0.1, 0.15) is 6.10 Å². The maximum absolute atomic E-state index is 12.6.